The number of fused-ring (bicyclic) bond motifs is 1. The molecule has 0 bridgehead atoms. The number of aliphatic hydroxyl groups excluding tert-OH is 2. The largest absolute Gasteiger partial charge is 0.490 e. The van der Waals surface area contributed by atoms with Crippen LogP contribution < -0.4 is 5.56 Å². The minimum atomic E-state index is -5.72. The highest BCUT2D eigenvalue weighted by Crippen LogP contribution is 2.66. The van der Waals surface area contributed by atoms with E-state index in [1.165, 1.54) is 0 Å². The predicted molar refractivity (Wildman–Crippen MR) is 93.9 cm³/mol. The minimum Gasteiger partial charge on any atom is -0.387 e. The quantitative estimate of drug-likeness (QED) is 0.191. The highest BCUT2D eigenvalue weighted by atomic mass is 31.3. The monoisotopic (exact) mass is 508 g/mol. The Kier molecular flexibility index (Phi) is 6.68. The van der Waals surface area contributed by atoms with Gasteiger partial charge in [-0.15, -0.1) is 0 Å². The summed E-state index contributed by atoms with van der Waals surface area (Å²) in [5, 5.41) is 20.3. The molecule has 3 rings (SSSR count). The van der Waals surface area contributed by atoms with Crippen molar-refractivity contribution in [3.63, 3.8) is 0 Å². The first-order valence-corrected chi connectivity index (χ1v) is 12.4. The Balaban J connectivity index is 1.70. The lowest BCUT2D eigenvalue weighted by molar-refractivity contribution is -0.0503. The molecule has 6 atom stereocenters. The van der Waals surface area contributed by atoms with Crippen molar-refractivity contribution >= 4 is 34.6 Å². The summed E-state index contributed by atoms with van der Waals surface area (Å²) in [6.45, 7) is -0.987. The highest BCUT2D eigenvalue weighted by Gasteiger charge is 2.47. The molecular formula is C10H15N4O14P3. The molecule has 1 saturated heterocycles. The van der Waals surface area contributed by atoms with Crippen LogP contribution in [0.4, 0.5) is 0 Å². The first kappa shape index (κ1) is 24.3. The molecule has 0 spiro atoms. The second-order valence-corrected chi connectivity index (χ2v) is 10.4. The summed E-state index contributed by atoms with van der Waals surface area (Å²) in [7, 11) is -16.7. The van der Waals surface area contributed by atoms with E-state index in [0.29, 0.717) is 0 Å². The molecule has 0 aliphatic carbocycles. The van der Waals surface area contributed by atoms with Crippen molar-refractivity contribution < 1.29 is 61.4 Å². The molecule has 2 unspecified atom stereocenters. The number of hydrogen-bond acceptors (Lipinski definition) is 12. The zero-order valence-corrected chi connectivity index (χ0v) is 17.5. The number of imidazole rings is 1. The second-order valence-electron chi connectivity index (χ2n) is 5.99. The first-order chi connectivity index (χ1) is 14.2. The molecule has 2 aromatic heterocycles. The SMILES string of the molecule is O=c1[nH]cnc2c1ncn2[C@H]1O[C@@H](COP(=O)(O)OP(=O)(O)OP(=O)(O)O)[C@H](O)[C@H]1O. The second kappa shape index (κ2) is 8.53. The van der Waals surface area contributed by atoms with Crippen LogP contribution in [0, 0.1) is 0 Å². The zero-order valence-electron chi connectivity index (χ0n) is 14.8. The fourth-order valence-corrected chi connectivity index (χ4v) is 5.65. The van der Waals surface area contributed by atoms with Gasteiger partial charge in [0.2, 0.25) is 0 Å². The first-order valence-electron chi connectivity index (χ1n) is 7.89. The number of H-pyrrole nitrogens is 1. The summed E-state index contributed by atoms with van der Waals surface area (Å²) in [5.74, 6) is 0. The molecule has 0 amide bonds. The van der Waals surface area contributed by atoms with Crippen LogP contribution in [0.1, 0.15) is 6.23 Å². The van der Waals surface area contributed by atoms with Crippen molar-refractivity contribution in [2.24, 2.45) is 0 Å². The van der Waals surface area contributed by atoms with Crippen LogP contribution in [0.15, 0.2) is 17.4 Å². The summed E-state index contributed by atoms with van der Waals surface area (Å²) in [6.07, 6.45) is -4.05. The molecule has 1 fully saturated rings. The molecule has 21 heteroatoms. The van der Waals surface area contributed by atoms with E-state index >= 15 is 0 Å². The van der Waals surface area contributed by atoms with Gasteiger partial charge in [-0.1, -0.05) is 0 Å². The molecule has 174 valence electrons. The van der Waals surface area contributed by atoms with Gasteiger partial charge in [-0.05, 0) is 0 Å². The molecule has 1 aliphatic heterocycles. The van der Waals surface area contributed by atoms with E-state index < -0.39 is 60.2 Å². The number of hydrogen-bond donors (Lipinski definition) is 7. The van der Waals surface area contributed by atoms with E-state index in [0.717, 1.165) is 17.2 Å². The predicted octanol–water partition coefficient (Wildman–Crippen LogP) is -1.92. The lowest BCUT2D eigenvalue weighted by atomic mass is 10.1. The molecule has 18 nitrogen and oxygen atoms in total. The van der Waals surface area contributed by atoms with E-state index in [1.54, 1.807) is 0 Å². The van der Waals surface area contributed by atoms with Crippen LogP contribution in [0.2, 0.25) is 0 Å². The minimum absolute atomic E-state index is 0.00599. The van der Waals surface area contributed by atoms with Gasteiger partial charge in [-0.3, -0.25) is 13.9 Å². The molecule has 7 N–H and O–H groups in total. The van der Waals surface area contributed by atoms with Crippen LogP contribution >= 0.6 is 23.5 Å². The van der Waals surface area contributed by atoms with Crippen LogP contribution in [0.3, 0.4) is 0 Å². The van der Waals surface area contributed by atoms with Gasteiger partial charge in [-0.2, -0.15) is 8.62 Å². The number of aromatic nitrogens is 4. The summed E-state index contributed by atoms with van der Waals surface area (Å²) in [6, 6.07) is 0. The number of nitrogens with one attached hydrogen (secondary N) is 1. The van der Waals surface area contributed by atoms with Crippen LogP contribution in [0.5, 0.6) is 0 Å². The van der Waals surface area contributed by atoms with E-state index in [1.807, 2.05) is 0 Å². The van der Waals surface area contributed by atoms with E-state index in [2.05, 4.69) is 28.1 Å². The Labute approximate surface area is 170 Å². The third kappa shape index (κ3) is 5.71. The molecule has 1 aliphatic rings. The van der Waals surface area contributed by atoms with Gasteiger partial charge in [0.05, 0.1) is 19.3 Å². The number of nitrogens with zero attached hydrogens (tertiary/aromatic N) is 3. The van der Waals surface area contributed by atoms with E-state index in [4.69, 9.17) is 19.4 Å². The Morgan fingerprint density at radius 1 is 1.06 bits per heavy atom. The molecule has 0 radical (unpaired) electrons. The standard InChI is InChI=1S/C10H15N4O14P3/c15-6-4(1-25-30(21,22)28-31(23,24)27-29(18,19)20)26-10(7(6)16)14-3-13-5-8(14)11-2-12-9(5)17/h2-4,6-7,10,15-16H,1H2,(H,21,22)(H,23,24)(H,11,12,17)(H2,18,19,20)/t4-,6-,7+,10-/m0/s1. The highest BCUT2D eigenvalue weighted by molar-refractivity contribution is 7.66. The van der Waals surface area contributed by atoms with Gasteiger partial charge in [0.1, 0.15) is 18.3 Å². The molecule has 31 heavy (non-hydrogen) atoms. The van der Waals surface area contributed by atoms with Gasteiger partial charge in [0.15, 0.2) is 17.4 Å². The topological polar surface area (TPSA) is 273 Å². The number of phosphoric ester groups is 1. The van der Waals surface area contributed by atoms with Crippen molar-refractivity contribution in [2.75, 3.05) is 6.61 Å². The Bertz CT molecular complexity index is 1160. The van der Waals surface area contributed by atoms with Crippen molar-refractivity contribution in [3.8, 4) is 0 Å². The maximum atomic E-state index is 11.8. The van der Waals surface area contributed by atoms with E-state index in [-0.39, 0.29) is 11.2 Å². The average molecular weight is 508 g/mol. The fourth-order valence-electron chi connectivity index (χ4n) is 2.62. The van der Waals surface area contributed by atoms with Gasteiger partial charge in [-0.25, -0.2) is 23.7 Å². The lowest BCUT2D eigenvalue weighted by Gasteiger charge is -2.19. The Morgan fingerprint density at radius 3 is 2.39 bits per heavy atom. The van der Waals surface area contributed by atoms with Crippen molar-refractivity contribution in [2.45, 2.75) is 24.5 Å². The van der Waals surface area contributed by atoms with Crippen molar-refractivity contribution in [1.29, 1.82) is 0 Å². The van der Waals surface area contributed by atoms with Crippen molar-refractivity contribution in [1.82, 2.24) is 19.5 Å². The molecule has 2 aromatic rings. The van der Waals surface area contributed by atoms with Crippen LogP contribution in [-0.2, 0) is 31.6 Å². The normalized spacial score (nSPS) is 28.5. The number of phosphoric acid groups is 3. The maximum Gasteiger partial charge on any atom is 0.490 e. The summed E-state index contributed by atoms with van der Waals surface area (Å²) < 4.78 is 51.6. The molecule has 0 aromatic carbocycles. The number of aromatic amines is 1. The van der Waals surface area contributed by atoms with Crippen LogP contribution in [0.25, 0.3) is 11.2 Å². The van der Waals surface area contributed by atoms with Crippen molar-refractivity contribution in [3.05, 3.63) is 23.0 Å². The number of aliphatic hydroxyl groups is 2. The fraction of sp³-hybridized carbons (Fsp3) is 0.500. The summed E-state index contributed by atoms with van der Waals surface area (Å²) >= 11 is 0. The van der Waals surface area contributed by atoms with Gasteiger partial charge in [0.25, 0.3) is 5.56 Å². The summed E-state index contributed by atoms with van der Waals surface area (Å²) in [4.78, 5) is 57.2. The van der Waals surface area contributed by atoms with E-state index in [9.17, 15) is 33.6 Å². The third-order valence-corrected chi connectivity index (χ3v) is 7.60. The molecule has 3 heterocycles. The Morgan fingerprint density at radius 2 is 1.74 bits per heavy atom. The molecule has 0 saturated carbocycles. The average Bonchev–Trinajstić information content (AvgIpc) is 3.13. The van der Waals surface area contributed by atoms with Gasteiger partial charge < -0.3 is 39.5 Å². The Hall–Kier alpha value is -1.36. The van der Waals surface area contributed by atoms with Gasteiger partial charge in [0, 0.05) is 0 Å². The molecular weight excluding hydrogens is 493 g/mol. The smallest absolute Gasteiger partial charge is 0.387 e. The van der Waals surface area contributed by atoms with Gasteiger partial charge >= 0.3 is 23.5 Å². The summed E-state index contributed by atoms with van der Waals surface area (Å²) in [5.41, 5.74) is -0.681. The van der Waals surface area contributed by atoms with Crippen LogP contribution in [-0.4, -0.2) is 74.2 Å². The zero-order chi connectivity index (χ0) is 23.2. The third-order valence-electron chi connectivity index (χ3n) is 3.79. The number of rotatable bonds is 8. The maximum absolute atomic E-state index is 11.8. The number of ether oxygens (including phenoxy) is 1. The lowest BCUT2D eigenvalue weighted by Crippen LogP contribution is -2.33.